The number of esters is 1. The number of carbonyl (C=O) groups excluding carboxylic acids is 2. The number of rotatable bonds is 5. The zero-order valence-electron chi connectivity index (χ0n) is 19.3. The SMILES string of the molecule is CC(C)(C)c1ccc(C(=O)Oc2ccc(/C=N/NC(=O)c3ccc4c(c3)OCCO4)cc2)cc1. The summed E-state index contributed by atoms with van der Waals surface area (Å²) in [4.78, 5) is 24.7. The molecule has 0 aliphatic carbocycles. The highest BCUT2D eigenvalue weighted by molar-refractivity contribution is 5.95. The molecule has 0 atom stereocenters. The van der Waals surface area contributed by atoms with Gasteiger partial charge in [-0.15, -0.1) is 0 Å². The fraction of sp³-hybridized carbons (Fsp3) is 0.222. The van der Waals surface area contributed by atoms with Crippen LogP contribution >= 0.6 is 0 Å². The summed E-state index contributed by atoms with van der Waals surface area (Å²) in [6, 6.07) is 19.2. The van der Waals surface area contributed by atoms with Gasteiger partial charge in [0.25, 0.3) is 5.91 Å². The summed E-state index contributed by atoms with van der Waals surface area (Å²) in [5.74, 6) is 0.791. The van der Waals surface area contributed by atoms with Crippen molar-refractivity contribution in [2.24, 2.45) is 5.10 Å². The molecule has 1 N–H and O–H groups in total. The van der Waals surface area contributed by atoms with Crippen LogP contribution in [0.2, 0.25) is 0 Å². The van der Waals surface area contributed by atoms with Crippen LogP contribution in [-0.2, 0) is 5.41 Å². The molecule has 3 aromatic carbocycles. The lowest BCUT2D eigenvalue weighted by Gasteiger charge is -2.18. The number of hydrazone groups is 1. The second kappa shape index (κ2) is 9.79. The van der Waals surface area contributed by atoms with E-state index in [0.29, 0.717) is 41.6 Å². The number of ether oxygens (including phenoxy) is 3. The number of amides is 1. The average molecular weight is 459 g/mol. The largest absolute Gasteiger partial charge is 0.486 e. The summed E-state index contributed by atoms with van der Waals surface area (Å²) in [6.45, 7) is 7.30. The number of nitrogens with zero attached hydrogens (tertiary/aromatic N) is 1. The Morgan fingerprint density at radius 1 is 0.882 bits per heavy atom. The first-order valence-electron chi connectivity index (χ1n) is 11.0. The Kier molecular flexibility index (Phi) is 6.63. The Morgan fingerprint density at radius 2 is 1.53 bits per heavy atom. The van der Waals surface area contributed by atoms with E-state index in [1.165, 1.54) is 6.21 Å². The van der Waals surface area contributed by atoms with Gasteiger partial charge in [-0.05, 0) is 71.1 Å². The van der Waals surface area contributed by atoms with Crippen LogP contribution in [-0.4, -0.2) is 31.3 Å². The van der Waals surface area contributed by atoms with Crippen molar-refractivity contribution in [3.05, 3.63) is 89.0 Å². The van der Waals surface area contributed by atoms with E-state index >= 15 is 0 Å². The number of fused-ring (bicyclic) bond motifs is 1. The molecule has 3 aromatic rings. The predicted molar refractivity (Wildman–Crippen MR) is 129 cm³/mol. The second-order valence-electron chi connectivity index (χ2n) is 8.84. The molecule has 174 valence electrons. The van der Waals surface area contributed by atoms with Crippen molar-refractivity contribution in [2.75, 3.05) is 13.2 Å². The number of carbonyl (C=O) groups is 2. The maximum atomic E-state index is 12.4. The van der Waals surface area contributed by atoms with Crippen molar-refractivity contribution >= 4 is 18.1 Å². The molecule has 0 saturated heterocycles. The second-order valence-corrected chi connectivity index (χ2v) is 8.84. The maximum absolute atomic E-state index is 12.4. The van der Waals surface area contributed by atoms with Gasteiger partial charge in [0.15, 0.2) is 11.5 Å². The van der Waals surface area contributed by atoms with Crippen molar-refractivity contribution in [1.29, 1.82) is 0 Å². The molecular weight excluding hydrogens is 432 g/mol. The molecule has 1 amide bonds. The van der Waals surface area contributed by atoms with Crippen LogP contribution in [0.3, 0.4) is 0 Å². The molecule has 4 rings (SSSR count). The van der Waals surface area contributed by atoms with Crippen molar-refractivity contribution in [3.63, 3.8) is 0 Å². The molecule has 0 bridgehead atoms. The molecule has 1 aliphatic heterocycles. The summed E-state index contributed by atoms with van der Waals surface area (Å²) < 4.78 is 16.4. The Hall–Kier alpha value is -4.13. The number of benzene rings is 3. The van der Waals surface area contributed by atoms with Crippen molar-refractivity contribution in [3.8, 4) is 17.2 Å². The minimum Gasteiger partial charge on any atom is -0.486 e. The van der Waals surface area contributed by atoms with Crippen molar-refractivity contribution in [1.82, 2.24) is 5.43 Å². The summed E-state index contributed by atoms with van der Waals surface area (Å²) in [5, 5.41) is 3.99. The van der Waals surface area contributed by atoms with Crippen LogP contribution in [0.4, 0.5) is 0 Å². The fourth-order valence-corrected chi connectivity index (χ4v) is 3.31. The highest BCUT2D eigenvalue weighted by atomic mass is 16.6. The Morgan fingerprint density at radius 3 is 2.21 bits per heavy atom. The van der Waals surface area contributed by atoms with E-state index in [0.717, 1.165) is 11.1 Å². The van der Waals surface area contributed by atoms with Crippen LogP contribution < -0.4 is 19.6 Å². The van der Waals surface area contributed by atoms with E-state index in [1.54, 1.807) is 54.6 Å². The van der Waals surface area contributed by atoms with Crippen LogP contribution in [0.1, 0.15) is 52.6 Å². The monoisotopic (exact) mass is 458 g/mol. The summed E-state index contributed by atoms with van der Waals surface area (Å²) in [6.07, 6.45) is 1.51. The molecular formula is C27H26N2O5. The maximum Gasteiger partial charge on any atom is 0.343 e. The predicted octanol–water partition coefficient (Wildman–Crippen LogP) is 4.74. The van der Waals surface area contributed by atoms with Gasteiger partial charge in [-0.3, -0.25) is 4.79 Å². The lowest BCUT2D eigenvalue weighted by Crippen LogP contribution is -2.19. The van der Waals surface area contributed by atoms with E-state index in [2.05, 4.69) is 31.3 Å². The summed E-state index contributed by atoms with van der Waals surface area (Å²) >= 11 is 0. The molecule has 0 saturated carbocycles. The van der Waals surface area contributed by atoms with E-state index in [9.17, 15) is 9.59 Å². The van der Waals surface area contributed by atoms with Gasteiger partial charge in [0.05, 0.1) is 11.8 Å². The standard InChI is InChI=1S/C27H26N2O5/c1-27(2,3)21-9-6-19(7-10-21)26(31)34-22-11-4-18(5-12-22)17-28-29-25(30)20-8-13-23-24(16-20)33-15-14-32-23/h4-13,16-17H,14-15H2,1-3H3,(H,29,30)/b28-17+. The Bertz CT molecular complexity index is 1210. The highest BCUT2D eigenvalue weighted by Crippen LogP contribution is 2.30. The van der Waals surface area contributed by atoms with E-state index < -0.39 is 5.97 Å². The first-order valence-corrected chi connectivity index (χ1v) is 11.0. The van der Waals surface area contributed by atoms with Gasteiger partial charge in [0, 0.05) is 5.56 Å². The van der Waals surface area contributed by atoms with Gasteiger partial charge >= 0.3 is 5.97 Å². The van der Waals surface area contributed by atoms with Crippen LogP contribution in [0.5, 0.6) is 17.2 Å². The lowest BCUT2D eigenvalue weighted by atomic mass is 9.87. The highest BCUT2D eigenvalue weighted by Gasteiger charge is 2.16. The summed E-state index contributed by atoms with van der Waals surface area (Å²) in [7, 11) is 0. The molecule has 0 spiro atoms. The van der Waals surface area contributed by atoms with Crippen molar-refractivity contribution < 1.29 is 23.8 Å². The molecule has 0 radical (unpaired) electrons. The first kappa shape index (κ1) is 23.0. The fourth-order valence-electron chi connectivity index (χ4n) is 3.31. The first-order chi connectivity index (χ1) is 16.3. The van der Waals surface area contributed by atoms with E-state index in [-0.39, 0.29) is 11.3 Å². The smallest absolute Gasteiger partial charge is 0.343 e. The normalized spacial score (nSPS) is 12.9. The topological polar surface area (TPSA) is 86.2 Å². The molecule has 1 aliphatic rings. The molecule has 34 heavy (non-hydrogen) atoms. The van der Waals surface area contributed by atoms with Gasteiger partial charge in [-0.1, -0.05) is 32.9 Å². The van der Waals surface area contributed by atoms with Crippen molar-refractivity contribution in [2.45, 2.75) is 26.2 Å². The van der Waals surface area contributed by atoms with Crippen LogP contribution in [0.15, 0.2) is 71.8 Å². The molecule has 0 unspecified atom stereocenters. The number of hydrogen-bond donors (Lipinski definition) is 1. The molecule has 7 nitrogen and oxygen atoms in total. The molecule has 7 heteroatoms. The van der Waals surface area contributed by atoms with Crippen LogP contribution in [0.25, 0.3) is 0 Å². The average Bonchev–Trinajstić information content (AvgIpc) is 2.84. The van der Waals surface area contributed by atoms with E-state index in [4.69, 9.17) is 14.2 Å². The number of hydrogen-bond acceptors (Lipinski definition) is 6. The third kappa shape index (κ3) is 5.61. The van der Waals surface area contributed by atoms with Gasteiger partial charge in [0.2, 0.25) is 0 Å². The minimum absolute atomic E-state index is 0.0171. The Balaban J connectivity index is 1.32. The third-order valence-electron chi connectivity index (χ3n) is 5.26. The minimum atomic E-state index is -0.423. The van der Waals surface area contributed by atoms with Gasteiger partial charge in [-0.2, -0.15) is 5.10 Å². The molecule has 0 aromatic heterocycles. The quantitative estimate of drug-likeness (QED) is 0.258. The molecule has 1 heterocycles. The van der Waals surface area contributed by atoms with Crippen LogP contribution in [0, 0.1) is 0 Å². The van der Waals surface area contributed by atoms with Gasteiger partial charge in [0.1, 0.15) is 19.0 Å². The van der Waals surface area contributed by atoms with Gasteiger partial charge in [-0.25, -0.2) is 10.2 Å². The summed E-state index contributed by atoms with van der Waals surface area (Å²) in [5.41, 5.74) is 5.29. The zero-order chi connectivity index (χ0) is 24.1. The Labute approximate surface area is 198 Å². The van der Waals surface area contributed by atoms with Gasteiger partial charge < -0.3 is 14.2 Å². The molecule has 0 fully saturated rings. The third-order valence-corrected chi connectivity index (χ3v) is 5.26. The van der Waals surface area contributed by atoms with E-state index in [1.807, 2.05) is 12.1 Å². The lowest BCUT2D eigenvalue weighted by molar-refractivity contribution is 0.0734. The number of nitrogens with one attached hydrogen (secondary N) is 1. The zero-order valence-corrected chi connectivity index (χ0v) is 19.3.